The number of rotatable bonds is 3. The third-order valence-electron chi connectivity index (χ3n) is 3.24. The van der Waals surface area contributed by atoms with E-state index in [9.17, 15) is 4.79 Å². The number of benzene rings is 1. The Balaban J connectivity index is 2.22. The molecule has 2 aromatic rings. The van der Waals surface area contributed by atoms with Crippen molar-refractivity contribution in [2.45, 2.75) is 31.0 Å². The molecule has 0 aliphatic heterocycles. The maximum atomic E-state index is 12.4. The monoisotopic (exact) mass is 331 g/mol. The van der Waals surface area contributed by atoms with Crippen LogP contribution in [0.5, 0.6) is 0 Å². The largest absolute Gasteiger partial charge is 0.293 e. The predicted octanol–water partition coefficient (Wildman–Crippen LogP) is 4.70. The minimum absolute atomic E-state index is 0.0541. The summed E-state index contributed by atoms with van der Waals surface area (Å²) in [7, 11) is 0. The summed E-state index contributed by atoms with van der Waals surface area (Å²) >= 11 is 3.46. The fourth-order valence-electron chi connectivity index (χ4n) is 1.96. The number of ketones is 1. The number of carbonyl (C=O) groups excluding carboxylic acids is 1. The van der Waals surface area contributed by atoms with E-state index in [1.807, 2.05) is 36.4 Å². The van der Waals surface area contributed by atoms with Gasteiger partial charge in [0.05, 0.1) is 0 Å². The van der Waals surface area contributed by atoms with Gasteiger partial charge in [0, 0.05) is 18.0 Å². The lowest BCUT2D eigenvalue weighted by atomic mass is 9.86. The zero-order chi connectivity index (χ0) is 14.8. The zero-order valence-electron chi connectivity index (χ0n) is 11.9. The van der Waals surface area contributed by atoms with E-state index < -0.39 is 0 Å². The second kappa shape index (κ2) is 5.88. The molecule has 3 heteroatoms. The van der Waals surface area contributed by atoms with Gasteiger partial charge in [0.2, 0.25) is 0 Å². The topological polar surface area (TPSA) is 30.0 Å². The summed E-state index contributed by atoms with van der Waals surface area (Å²) in [6.07, 6.45) is 3.41. The van der Waals surface area contributed by atoms with Gasteiger partial charge in [-0.25, -0.2) is 0 Å². The van der Waals surface area contributed by atoms with E-state index in [1.165, 1.54) is 5.56 Å². The van der Waals surface area contributed by atoms with Crippen molar-refractivity contribution in [1.29, 1.82) is 0 Å². The van der Waals surface area contributed by atoms with Crippen molar-refractivity contribution >= 4 is 21.7 Å². The second-order valence-corrected chi connectivity index (χ2v) is 6.76. The third kappa shape index (κ3) is 3.34. The number of carbonyl (C=O) groups is 1. The molecular formula is C17H18BrNO. The highest BCUT2D eigenvalue weighted by atomic mass is 79.9. The van der Waals surface area contributed by atoms with E-state index in [0.717, 1.165) is 5.56 Å². The average Bonchev–Trinajstić information content (AvgIpc) is 2.46. The average molecular weight is 332 g/mol. The minimum Gasteiger partial charge on any atom is -0.293 e. The van der Waals surface area contributed by atoms with Gasteiger partial charge in [-0.3, -0.25) is 9.78 Å². The summed E-state index contributed by atoms with van der Waals surface area (Å²) in [6.45, 7) is 6.48. The fraction of sp³-hybridized carbons (Fsp3) is 0.294. The van der Waals surface area contributed by atoms with E-state index in [1.54, 1.807) is 12.4 Å². The van der Waals surface area contributed by atoms with E-state index in [4.69, 9.17) is 0 Å². The van der Waals surface area contributed by atoms with Crippen LogP contribution in [0, 0.1) is 0 Å². The van der Waals surface area contributed by atoms with Crippen LogP contribution in [-0.4, -0.2) is 10.8 Å². The third-order valence-corrected chi connectivity index (χ3v) is 4.19. The SMILES string of the molecule is CC(C)(C)c1ccc(C(=O)C(Br)c2cccnc2)cc1. The molecule has 0 amide bonds. The number of aromatic nitrogens is 1. The van der Waals surface area contributed by atoms with Crippen LogP contribution < -0.4 is 0 Å². The molecule has 0 fully saturated rings. The number of nitrogens with zero attached hydrogens (tertiary/aromatic N) is 1. The van der Waals surface area contributed by atoms with Crippen molar-refractivity contribution < 1.29 is 4.79 Å². The van der Waals surface area contributed by atoms with Crippen LogP contribution in [0.25, 0.3) is 0 Å². The van der Waals surface area contributed by atoms with Gasteiger partial charge in [0.15, 0.2) is 5.78 Å². The Morgan fingerprint density at radius 1 is 1.15 bits per heavy atom. The Hall–Kier alpha value is -1.48. The number of alkyl halides is 1. The number of hydrogen-bond donors (Lipinski definition) is 0. The van der Waals surface area contributed by atoms with Crippen LogP contribution in [0.2, 0.25) is 0 Å². The maximum Gasteiger partial charge on any atom is 0.180 e. The van der Waals surface area contributed by atoms with Crippen LogP contribution in [0.15, 0.2) is 48.8 Å². The minimum atomic E-state index is -0.350. The van der Waals surface area contributed by atoms with Crippen LogP contribution in [0.3, 0.4) is 0 Å². The Bertz CT molecular complexity index is 585. The molecule has 2 rings (SSSR count). The molecular weight excluding hydrogens is 314 g/mol. The van der Waals surface area contributed by atoms with Gasteiger partial charge in [0.25, 0.3) is 0 Å². The molecule has 0 radical (unpaired) electrons. The summed E-state index contributed by atoms with van der Waals surface area (Å²) in [5, 5.41) is 0. The van der Waals surface area contributed by atoms with E-state index in [2.05, 4.69) is 41.7 Å². The first kappa shape index (κ1) is 14.9. The van der Waals surface area contributed by atoms with Crippen molar-refractivity contribution in [2.75, 3.05) is 0 Å². The molecule has 104 valence electrons. The molecule has 0 bridgehead atoms. The molecule has 20 heavy (non-hydrogen) atoms. The first-order valence-electron chi connectivity index (χ1n) is 6.58. The highest BCUT2D eigenvalue weighted by molar-refractivity contribution is 9.09. The smallest absolute Gasteiger partial charge is 0.180 e. The quantitative estimate of drug-likeness (QED) is 0.602. The van der Waals surface area contributed by atoms with Crippen molar-refractivity contribution in [1.82, 2.24) is 4.98 Å². The number of pyridine rings is 1. The van der Waals surface area contributed by atoms with Crippen molar-refractivity contribution in [2.24, 2.45) is 0 Å². The zero-order valence-corrected chi connectivity index (χ0v) is 13.5. The number of hydrogen-bond acceptors (Lipinski definition) is 2. The summed E-state index contributed by atoms with van der Waals surface area (Å²) < 4.78 is 0. The molecule has 1 heterocycles. The normalized spacial score (nSPS) is 13.0. The first-order valence-corrected chi connectivity index (χ1v) is 7.50. The van der Waals surface area contributed by atoms with E-state index in [0.29, 0.717) is 5.56 Å². The summed E-state index contributed by atoms with van der Waals surface area (Å²) in [4.78, 5) is 16.1. The first-order chi connectivity index (χ1) is 9.39. The van der Waals surface area contributed by atoms with Gasteiger partial charge < -0.3 is 0 Å². The van der Waals surface area contributed by atoms with Crippen molar-refractivity contribution in [3.63, 3.8) is 0 Å². The van der Waals surface area contributed by atoms with Crippen LogP contribution in [0.4, 0.5) is 0 Å². The van der Waals surface area contributed by atoms with Crippen LogP contribution in [0.1, 0.15) is 47.1 Å². The van der Waals surface area contributed by atoms with Gasteiger partial charge in [-0.15, -0.1) is 0 Å². The molecule has 1 atom stereocenters. The molecule has 0 saturated heterocycles. The number of Topliss-reactive ketones (excluding diaryl/α,β-unsaturated/α-hetero) is 1. The highest BCUT2D eigenvalue weighted by Crippen LogP contribution is 2.28. The van der Waals surface area contributed by atoms with E-state index in [-0.39, 0.29) is 16.0 Å². The van der Waals surface area contributed by atoms with E-state index >= 15 is 0 Å². The van der Waals surface area contributed by atoms with Crippen molar-refractivity contribution in [3.05, 3.63) is 65.5 Å². The lowest BCUT2D eigenvalue weighted by molar-refractivity contribution is 0.0991. The van der Waals surface area contributed by atoms with Gasteiger partial charge in [-0.05, 0) is 22.6 Å². The Labute approximate surface area is 128 Å². The Morgan fingerprint density at radius 2 is 1.80 bits per heavy atom. The Morgan fingerprint density at radius 3 is 2.30 bits per heavy atom. The molecule has 2 nitrogen and oxygen atoms in total. The van der Waals surface area contributed by atoms with Crippen molar-refractivity contribution in [3.8, 4) is 0 Å². The Kier molecular flexibility index (Phi) is 4.39. The summed E-state index contributed by atoms with van der Waals surface area (Å²) in [5.74, 6) is 0.0541. The summed E-state index contributed by atoms with van der Waals surface area (Å²) in [5.41, 5.74) is 2.90. The molecule has 1 aromatic carbocycles. The predicted molar refractivity (Wildman–Crippen MR) is 85.4 cm³/mol. The van der Waals surface area contributed by atoms with Gasteiger partial charge in [-0.2, -0.15) is 0 Å². The van der Waals surface area contributed by atoms with Crippen LogP contribution in [-0.2, 0) is 5.41 Å². The molecule has 0 N–H and O–H groups in total. The molecule has 0 spiro atoms. The number of halogens is 1. The highest BCUT2D eigenvalue weighted by Gasteiger charge is 2.20. The molecule has 1 unspecified atom stereocenters. The maximum absolute atomic E-state index is 12.4. The molecule has 1 aromatic heterocycles. The van der Waals surface area contributed by atoms with Gasteiger partial charge in [-0.1, -0.05) is 67.0 Å². The second-order valence-electron chi connectivity index (χ2n) is 5.84. The van der Waals surface area contributed by atoms with Gasteiger partial charge in [0.1, 0.15) is 4.83 Å². The standard InChI is InChI=1S/C17H18BrNO/c1-17(2,3)14-8-6-12(7-9-14)16(20)15(18)13-5-4-10-19-11-13/h4-11,15H,1-3H3. The molecule has 0 aliphatic carbocycles. The lowest BCUT2D eigenvalue weighted by Crippen LogP contribution is -2.12. The molecule has 0 aliphatic rings. The fourth-order valence-corrected chi connectivity index (χ4v) is 2.49. The lowest BCUT2D eigenvalue weighted by Gasteiger charge is -2.19. The van der Waals surface area contributed by atoms with Gasteiger partial charge >= 0.3 is 0 Å². The molecule has 0 saturated carbocycles. The summed E-state index contributed by atoms with van der Waals surface area (Å²) in [6, 6.07) is 11.6. The van der Waals surface area contributed by atoms with Crippen LogP contribution >= 0.6 is 15.9 Å².